The van der Waals surface area contributed by atoms with E-state index in [2.05, 4.69) is 53.8 Å². The zero-order chi connectivity index (χ0) is 34.0. The second-order valence-electron chi connectivity index (χ2n) is 12.5. The SMILES string of the molecule is C[C@@H]1[C@H](CN(C)Cc2ccccc2)O[C@H](c2ccc(CNC(=O)Nc3ccc(Oc4ccccc4)cc3)cc2)O[C@@H]1c1ccc(CO)cc1. The second-order valence-corrected chi connectivity index (χ2v) is 12.5. The van der Waals surface area contributed by atoms with Crippen molar-refractivity contribution in [2.24, 2.45) is 5.92 Å². The number of amides is 2. The number of ether oxygens (including phenoxy) is 3. The van der Waals surface area contributed by atoms with Crippen molar-refractivity contribution in [2.75, 3.05) is 18.9 Å². The van der Waals surface area contributed by atoms with Gasteiger partial charge in [-0.25, -0.2) is 4.79 Å². The molecule has 49 heavy (non-hydrogen) atoms. The zero-order valence-corrected chi connectivity index (χ0v) is 27.9. The van der Waals surface area contributed by atoms with Crippen molar-refractivity contribution in [1.82, 2.24) is 10.2 Å². The summed E-state index contributed by atoms with van der Waals surface area (Å²) in [4.78, 5) is 14.9. The molecule has 0 bridgehead atoms. The minimum atomic E-state index is -0.562. The number of hydrogen-bond acceptors (Lipinski definition) is 6. The third-order valence-electron chi connectivity index (χ3n) is 8.71. The molecule has 0 aromatic heterocycles. The molecule has 0 aliphatic carbocycles. The van der Waals surface area contributed by atoms with Crippen LogP contribution in [0, 0.1) is 5.92 Å². The number of para-hydroxylation sites is 1. The number of hydrogen-bond donors (Lipinski definition) is 3. The van der Waals surface area contributed by atoms with Gasteiger partial charge in [0, 0.05) is 36.8 Å². The summed E-state index contributed by atoms with van der Waals surface area (Å²) in [6.45, 7) is 4.09. The van der Waals surface area contributed by atoms with Crippen LogP contribution in [0.5, 0.6) is 11.5 Å². The maximum Gasteiger partial charge on any atom is 0.319 e. The zero-order valence-electron chi connectivity index (χ0n) is 27.9. The van der Waals surface area contributed by atoms with E-state index in [9.17, 15) is 9.90 Å². The number of carbonyl (C=O) groups excluding carboxylic acids is 1. The maximum absolute atomic E-state index is 12.6. The average Bonchev–Trinajstić information content (AvgIpc) is 3.13. The lowest BCUT2D eigenvalue weighted by atomic mass is 9.90. The van der Waals surface area contributed by atoms with Crippen LogP contribution in [0.4, 0.5) is 10.5 Å². The van der Waals surface area contributed by atoms with E-state index in [0.29, 0.717) is 18.0 Å². The Morgan fingerprint density at radius 2 is 1.35 bits per heavy atom. The number of urea groups is 1. The number of anilines is 1. The van der Waals surface area contributed by atoms with Crippen LogP contribution in [0.15, 0.2) is 133 Å². The molecule has 3 N–H and O–H groups in total. The van der Waals surface area contributed by atoms with Gasteiger partial charge in [-0.2, -0.15) is 0 Å². The molecule has 2 amide bonds. The highest BCUT2D eigenvalue weighted by molar-refractivity contribution is 5.89. The van der Waals surface area contributed by atoms with Crippen LogP contribution in [-0.4, -0.2) is 35.7 Å². The quantitative estimate of drug-likeness (QED) is 0.125. The minimum absolute atomic E-state index is 0.000575. The van der Waals surface area contributed by atoms with E-state index in [1.54, 1.807) is 12.1 Å². The summed E-state index contributed by atoms with van der Waals surface area (Å²) in [7, 11) is 2.12. The van der Waals surface area contributed by atoms with E-state index < -0.39 is 6.29 Å². The van der Waals surface area contributed by atoms with Crippen LogP contribution in [0.1, 0.15) is 47.1 Å². The van der Waals surface area contributed by atoms with Gasteiger partial charge >= 0.3 is 6.03 Å². The van der Waals surface area contributed by atoms with Crippen molar-refractivity contribution in [3.05, 3.63) is 161 Å². The molecule has 8 nitrogen and oxygen atoms in total. The van der Waals surface area contributed by atoms with Crippen molar-refractivity contribution in [2.45, 2.75) is 45.1 Å². The van der Waals surface area contributed by atoms with Crippen LogP contribution in [0.25, 0.3) is 0 Å². The van der Waals surface area contributed by atoms with Crippen molar-refractivity contribution in [3.63, 3.8) is 0 Å². The summed E-state index contributed by atoms with van der Waals surface area (Å²) < 4.78 is 19.1. The van der Waals surface area contributed by atoms with Crippen LogP contribution >= 0.6 is 0 Å². The summed E-state index contributed by atoms with van der Waals surface area (Å²) in [6, 6.07) is 42.8. The average molecular weight is 658 g/mol. The van der Waals surface area contributed by atoms with Gasteiger partial charge in [0.15, 0.2) is 6.29 Å². The molecule has 0 saturated carbocycles. The first-order valence-electron chi connectivity index (χ1n) is 16.6. The Labute approximate surface area is 288 Å². The van der Waals surface area contributed by atoms with Gasteiger partial charge in [0.1, 0.15) is 11.5 Å². The monoisotopic (exact) mass is 657 g/mol. The maximum atomic E-state index is 12.6. The van der Waals surface area contributed by atoms with Crippen molar-refractivity contribution < 1.29 is 24.1 Å². The summed E-state index contributed by atoms with van der Waals surface area (Å²) >= 11 is 0. The van der Waals surface area contributed by atoms with Gasteiger partial charge in [0.05, 0.1) is 18.8 Å². The molecule has 1 heterocycles. The molecular weight excluding hydrogens is 614 g/mol. The Bertz CT molecular complexity index is 1750. The lowest BCUT2D eigenvalue weighted by Crippen LogP contribution is -2.43. The number of rotatable bonds is 12. The van der Waals surface area contributed by atoms with Gasteiger partial charge < -0.3 is 30.0 Å². The van der Waals surface area contributed by atoms with E-state index in [-0.39, 0.29) is 30.8 Å². The van der Waals surface area contributed by atoms with Crippen LogP contribution in [0.3, 0.4) is 0 Å². The summed E-state index contributed by atoms with van der Waals surface area (Å²) in [6.07, 6.45) is -0.836. The third-order valence-corrected chi connectivity index (χ3v) is 8.71. The fraction of sp³-hybridized carbons (Fsp3) is 0.244. The van der Waals surface area contributed by atoms with E-state index in [4.69, 9.17) is 14.2 Å². The Kier molecular flexibility index (Phi) is 11.4. The Balaban J connectivity index is 1.07. The molecule has 8 heteroatoms. The van der Waals surface area contributed by atoms with Gasteiger partial charge in [-0.05, 0) is 65.7 Å². The number of benzene rings is 5. The first-order chi connectivity index (χ1) is 23.9. The van der Waals surface area contributed by atoms with Gasteiger partial charge in [-0.15, -0.1) is 0 Å². The lowest BCUT2D eigenvalue weighted by Gasteiger charge is -2.42. The number of aliphatic hydroxyl groups excluding tert-OH is 1. The van der Waals surface area contributed by atoms with Crippen LogP contribution in [0.2, 0.25) is 0 Å². The highest BCUT2D eigenvalue weighted by atomic mass is 16.7. The molecule has 5 aromatic carbocycles. The summed E-state index contributed by atoms with van der Waals surface area (Å²) in [5, 5.41) is 15.4. The fourth-order valence-corrected chi connectivity index (χ4v) is 5.98. The molecular formula is C41H43N3O5. The van der Waals surface area contributed by atoms with Crippen LogP contribution < -0.4 is 15.4 Å². The standard InChI is InChI=1S/C41H43N3O5/c1-29-38(27-44(2)26-31-9-5-3-6-10-31)48-40(49-39(29)33-17-15-32(28-45)16-18-33)34-19-13-30(14-20-34)25-42-41(46)43-35-21-23-37(24-22-35)47-36-11-7-4-8-12-36/h3-24,29,38-40,45H,25-28H2,1-2H3,(H2,42,43,46)/t29-,38+,39+,40+/m1/s1. The summed E-state index contributed by atoms with van der Waals surface area (Å²) in [5.41, 5.74) is 5.69. The number of nitrogens with one attached hydrogen (secondary N) is 2. The van der Waals surface area contributed by atoms with Gasteiger partial charge in [-0.1, -0.05) is 104 Å². The largest absolute Gasteiger partial charge is 0.457 e. The molecule has 0 unspecified atom stereocenters. The van der Waals surface area contributed by atoms with Gasteiger partial charge in [0.2, 0.25) is 0 Å². The third kappa shape index (κ3) is 9.34. The number of aliphatic hydroxyl groups is 1. The van der Waals surface area contributed by atoms with Crippen molar-refractivity contribution >= 4 is 11.7 Å². The normalized spacial score (nSPS) is 18.9. The Morgan fingerprint density at radius 1 is 0.735 bits per heavy atom. The predicted octanol–water partition coefficient (Wildman–Crippen LogP) is 8.22. The number of likely N-dealkylation sites (N-methyl/N-ethyl adjacent to an activating group) is 1. The van der Waals surface area contributed by atoms with Crippen molar-refractivity contribution in [1.29, 1.82) is 0 Å². The summed E-state index contributed by atoms with van der Waals surface area (Å²) in [5.74, 6) is 1.53. The lowest BCUT2D eigenvalue weighted by molar-refractivity contribution is -0.276. The molecule has 1 fully saturated rings. The molecule has 5 aromatic rings. The smallest absolute Gasteiger partial charge is 0.319 e. The first kappa shape index (κ1) is 33.9. The fourth-order valence-electron chi connectivity index (χ4n) is 5.98. The molecule has 252 valence electrons. The molecule has 6 rings (SSSR count). The predicted molar refractivity (Wildman–Crippen MR) is 191 cm³/mol. The van der Waals surface area contributed by atoms with Gasteiger partial charge in [0.25, 0.3) is 0 Å². The van der Waals surface area contributed by atoms with E-state index in [1.165, 1.54) is 5.56 Å². The Morgan fingerprint density at radius 3 is 2.02 bits per heavy atom. The highest BCUT2D eigenvalue weighted by Crippen LogP contribution is 2.42. The molecule has 4 atom stereocenters. The van der Waals surface area contributed by atoms with Crippen molar-refractivity contribution in [3.8, 4) is 11.5 Å². The van der Waals surface area contributed by atoms with E-state index in [0.717, 1.165) is 41.1 Å². The first-order valence-corrected chi connectivity index (χ1v) is 16.6. The molecule has 1 saturated heterocycles. The molecule has 0 radical (unpaired) electrons. The topological polar surface area (TPSA) is 92.3 Å². The van der Waals surface area contributed by atoms with E-state index in [1.807, 2.05) is 97.1 Å². The molecule has 1 aliphatic heterocycles. The van der Waals surface area contributed by atoms with Gasteiger partial charge in [-0.3, -0.25) is 4.90 Å². The number of nitrogens with zero attached hydrogens (tertiary/aromatic N) is 1. The molecule has 1 aliphatic rings. The van der Waals surface area contributed by atoms with E-state index >= 15 is 0 Å². The minimum Gasteiger partial charge on any atom is -0.457 e. The molecule has 0 spiro atoms. The second kappa shape index (κ2) is 16.4. The number of carbonyl (C=O) groups is 1. The Hall–Kier alpha value is -4.99. The van der Waals surface area contributed by atoms with Crippen LogP contribution in [-0.2, 0) is 29.2 Å². The highest BCUT2D eigenvalue weighted by Gasteiger charge is 2.38.